The fraction of sp³-hybridized carbons (Fsp3) is 0.320. The molecule has 0 bridgehead atoms. The van der Waals surface area contributed by atoms with Gasteiger partial charge in [0.25, 0.3) is 0 Å². The van der Waals surface area contributed by atoms with E-state index in [1.165, 1.54) is 39.7 Å². The Balaban J connectivity index is 1.50. The number of aromatic nitrogens is 3. The first-order chi connectivity index (χ1) is 15.3. The Labute approximate surface area is 181 Å². The zero-order chi connectivity index (χ0) is 20.9. The number of aliphatic hydroxyl groups is 1. The first-order valence-electron chi connectivity index (χ1n) is 11.2. The lowest BCUT2D eigenvalue weighted by molar-refractivity contribution is 0.289. The molecule has 4 heterocycles. The number of aryl methyl sites for hydroxylation is 2. The van der Waals surface area contributed by atoms with Crippen molar-refractivity contribution >= 4 is 22.4 Å². The molecule has 1 unspecified atom stereocenters. The minimum absolute atomic E-state index is 0.148. The summed E-state index contributed by atoms with van der Waals surface area (Å²) in [6.07, 6.45) is 5.34. The highest BCUT2D eigenvalue weighted by molar-refractivity contribution is 5.98. The lowest BCUT2D eigenvalue weighted by Crippen LogP contribution is -2.24. The number of para-hydroxylation sites is 2. The van der Waals surface area contributed by atoms with Gasteiger partial charge < -0.3 is 20.3 Å². The molecule has 0 amide bonds. The molecule has 158 valence electrons. The standard InChI is InChI=1S/C25H27N5O/c26-25-22(19-14-29(12-5-13-31)21-10-2-1-8-17(19)21)23(27-28-25)20-15-30-11-4-7-16-6-3-9-18(20)24(16)30/h1-3,6,8-10,15,19,31H,4-5,7,11-14H2,(H3,26,27,28). The summed E-state index contributed by atoms with van der Waals surface area (Å²) in [7, 11) is 0. The first kappa shape index (κ1) is 18.5. The average molecular weight is 414 g/mol. The highest BCUT2D eigenvalue weighted by atomic mass is 16.3. The first-order valence-corrected chi connectivity index (χ1v) is 11.2. The largest absolute Gasteiger partial charge is 0.396 e. The Kier molecular flexibility index (Phi) is 4.28. The van der Waals surface area contributed by atoms with E-state index in [0.717, 1.165) is 43.7 Å². The molecular weight excluding hydrogens is 386 g/mol. The zero-order valence-electron chi connectivity index (χ0n) is 17.5. The van der Waals surface area contributed by atoms with E-state index in [2.05, 4.69) is 68.3 Å². The summed E-state index contributed by atoms with van der Waals surface area (Å²) in [5, 5.41) is 18.4. The maximum atomic E-state index is 9.35. The van der Waals surface area contributed by atoms with Crippen molar-refractivity contribution in [3.63, 3.8) is 0 Å². The van der Waals surface area contributed by atoms with Crippen LogP contribution in [0.4, 0.5) is 11.5 Å². The van der Waals surface area contributed by atoms with Crippen molar-refractivity contribution in [2.45, 2.75) is 31.7 Å². The Hall–Kier alpha value is -3.25. The molecule has 0 saturated heterocycles. The SMILES string of the molecule is Nc1n[nH]c(-c2cn3c4c(cccc24)CCC3)c1C1CN(CCCO)c2ccccc21. The summed E-state index contributed by atoms with van der Waals surface area (Å²) < 4.78 is 2.39. The van der Waals surface area contributed by atoms with Gasteiger partial charge in [0.2, 0.25) is 0 Å². The molecule has 0 fully saturated rings. The minimum atomic E-state index is 0.148. The number of aliphatic hydroxyl groups excluding tert-OH is 1. The van der Waals surface area contributed by atoms with Crippen LogP contribution in [0.15, 0.2) is 48.7 Å². The minimum Gasteiger partial charge on any atom is -0.396 e. The van der Waals surface area contributed by atoms with Gasteiger partial charge in [-0.2, -0.15) is 5.10 Å². The third-order valence-electron chi connectivity index (χ3n) is 6.92. The molecule has 0 aliphatic carbocycles. The molecule has 0 saturated carbocycles. The second kappa shape index (κ2) is 7.17. The van der Waals surface area contributed by atoms with Crippen LogP contribution in [0.25, 0.3) is 22.2 Å². The van der Waals surface area contributed by atoms with Gasteiger partial charge in [-0.1, -0.05) is 36.4 Å². The van der Waals surface area contributed by atoms with Crippen molar-refractivity contribution in [2.75, 3.05) is 30.3 Å². The van der Waals surface area contributed by atoms with Crippen molar-refractivity contribution in [1.82, 2.24) is 14.8 Å². The number of rotatable bonds is 5. The van der Waals surface area contributed by atoms with E-state index in [1.54, 1.807) is 0 Å². The van der Waals surface area contributed by atoms with Crippen LogP contribution in [0.2, 0.25) is 0 Å². The van der Waals surface area contributed by atoms with Crippen LogP contribution in [-0.2, 0) is 13.0 Å². The van der Waals surface area contributed by atoms with Crippen LogP contribution in [0.5, 0.6) is 0 Å². The number of aromatic amines is 1. The maximum Gasteiger partial charge on any atom is 0.149 e. The number of nitrogens with one attached hydrogen (secondary N) is 1. The fourth-order valence-corrected chi connectivity index (χ4v) is 5.58. The number of benzene rings is 2. The Morgan fingerprint density at radius 3 is 2.97 bits per heavy atom. The number of anilines is 2. The Morgan fingerprint density at radius 2 is 2.06 bits per heavy atom. The van der Waals surface area contributed by atoms with Crippen LogP contribution < -0.4 is 10.6 Å². The second-order valence-corrected chi connectivity index (χ2v) is 8.69. The highest BCUT2D eigenvalue weighted by Gasteiger charge is 2.34. The third kappa shape index (κ3) is 2.78. The van der Waals surface area contributed by atoms with Crippen molar-refractivity contribution in [3.8, 4) is 11.3 Å². The normalized spacial score (nSPS) is 17.5. The van der Waals surface area contributed by atoms with E-state index in [0.29, 0.717) is 5.82 Å². The molecule has 31 heavy (non-hydrogen) atoms. The quantitative estimate of drug-likeness (QED) is 0.463. The van der Waals surface area contributed by atoms with Gasteiger partial charge in [0, 0.05) is 60.6 Å². The molecule has 4 aromatic rings. The predicted molar refractivity (Wildman–Crippen MR) is 124 cm³/mol. The third-order valence-corrected chi connectivity index (χ3v) is 6.92. The van der Waals surface area contributed by atoms with E-state index >= 15 is 0 Å². The van der Waals surface area contributed by atoms with Crippen LogP contribution in [0.1, 0.15) is 35.4 Å². The molecule has 6 nitrogen and oxygen atoms in total. The van der Waals surface area contributed by atoms with Gasteiger partial charge in [-0.3, -0.25) is 5.10 Å². The maximum absolute atomic E-state index is 9.35. The molecule has 6 rings (SSSR count). The molecule has 2 aromatic carbocycles. The van der Waals surface area contributed by atoms with Crippen molar-refractivity contribution in [1.29, 1.82) is 0 Å². The summed E-state index contributed by atoms with van der Waals surface area (Å²) >= 11 is 0. The topological polar surface area (TPSA) is 83.1 Å². The van der Waals surface area contributed by atoms with Gasteiger partial charge in [-0.25, -0.2) is 0 Å². The lowest BCUT2D eigenvalue weighted by Gasteiger charge is -2.19. The van der Waals surface area contributed by atoms with Gasteiger partial charge in [0.05, 0.1) is 11.2 Å². The van der Waals surface area contributed by atoms with E-state index in [9.17, 15) is 5.11 Å². The molecule has 2 aliphatic heterocycles. The molecule has 0 radical (unpaired) electrons. The number of H-pyrrole nitrogens is 1. The van der Waals surface area contributed by atoms with E-state index in [-0.39, 0.29) is 12.5 Å². The molecular formula is C25H27N5O. The van der Waals surface area contributed by atoms with Gasteiger partial charge in [0.15, 0.2) is 0 Å². The zero-order valence-corrected chi connectivity index (χ0v) is 17.5. The number of nitrogen functional groups attached to an aromatic ring is 1. The highest BCUT2D eigenvalue weighted by Crippen LogP contribution is 2.46. The van der Waals surface area contributed by atoms with Crippen molar-refractivity contribution < 1.29 is 5.11 Å². The monoisotopic (exact) mass is 413 g/mol. The lowest BCUT2D eigenvalue weighted by atomic mass is 9.90. The number of hydrogen-bond donors (Lipinski definition) is 3. The second-order valence-electron chi connectivity index (χ2n) is 8.69. The summed E-state index contributed by atoms with van der Waals surface area (Å²) in [5.74, 6) is 0.723. The molecule has 1 atom stereocenters. The van der Waals surface area contributed by atoms with Crippen LogP contribution in [0.3, 0.4) is 0 Å². The molecule has 0 spiro atoms. The van der Waals surface area contributed by atoms with Gasteiger partial charge >= 0.3 is 0 Å². The molecule has 2 aliphatic rings. The van der Waals surface area contributed by atoms with E-state index in [1.807, 2.05) is 0 Å². The summed E-state index contributed by atoms with van der Waals surface area (Å²) in [6.45, 7) is 2.93. The number of nitrogens with two attached hydrogens (primary N) is 1. The van der Waals surface area contributed by atoms with Crippen LogP contribution in [0, 0.1) is 0 Å². The van der Waals surface area contributed by atoms with E-state index in [4.69, 9.17) is 5.73 Å². The van der Waals surface area contributed by atoms with Gasteiger partial charge in [0.1, 0.15) is 5.82 Å². The average Bonchev–Trinajstić information content (AvgIpc) is 3.47. The molecule has 2 aromatic heterocycles. The van der Waals surface area contributed by atoms with Gasteiger partial charge in [-0.05, 0) is 36.5 Å². The summed E-state index contributed by atoms with van der Waals surface area (Å²) in [6, 6.07) is 15.2. The molecule has 6 heteroatoms. The van der Waals surface area contributed by atoms with Crippen LogP contribution in [-0.4, -0.2) is 39.6 Å². The number of hydrogen-bond acceptors (Lipinski definition) is 4. The summed E-state index contributed by atoms with van der Waals surface area (Å²) in [4.78, 5) is 2.36. The predicted octanol–water partition coefficient (Wildman–Crippen LogP) is 3.89. The Bertz CT molecular complexity index is 1270. The van der Waals surface area contributed by atoms with Crippen molar-refractivity contribution in [3.05, 3.63) is 65.4 Å². The summed E-state index contributed by atoms with van der Waals surface area (Å²) in [5.41, 5.74) is 15.1. The molecule has 4 N–H and O–H groups in total. The number of nitrogens with zero attached hydrogens (tertiary/aromatic N) is 3. The van der Waals surface area contributed by atoms with Crippen molar-refractivity contribution in [2.24, 2.45) is 0 Å². The smallest absolute Gasteiger partial charge is 0.149 e. The van der Waals surface area contributed by atoms with Crippen LogP contribution >= 0.6 is 0 Å². The number of fused-ring (bicyclic) bond motifs is 1. The fourth-order valence-electron chi connectivity index (χ4n) is 5.58. The van der Waals surface area contributed by atoms with E-state index < -0.39 is 0 Å². The van der Waals surface area contributed by atoms with Gasteiger partial charge in [-0.15, -0.1) is 0 Å². The Morgan fingerprint density at radius 1 is 1.16 bits per heavy atom.